The monoisotopic (exact) mass is 309 g/mol. The van der Waals surface area contributed by atoms with Gasteiger partial charge in [-0.2, -0.15) is 0 Å². The number of hydrogen-bond donors (Lipinski definition) is 1. The molecule has 6 heteroatoms. The first-order chi connectivity index (χ1) is 10.2. The van der Waals surface area contributed by atoms with E-state index in [0.717, 1.165) is 49.8 Å². The molecule has 1 aromatic heterocycles. The van der Waals surface area contributed by atoms with Crippen LogP contribution in [0.25, 0.3) is 0 Å². The Morgan fingerprint density at radius 3 is 2.67 bits per heavy atom. The molecular formula is C15H23N3O2S. The van der Waals surface area contributed by atoms with Crippen molar-refractivity contribution in [3.8, 4) is 0 Å². The van der Waals surface area contributed by atoms with Crippen molar-refractivity contribution >= 4 is 11.8 Å². The first kappa shape index (κ1) is 15.2. The number of aromatic nitrogens is 2. The van der Waals surface area contributed by atoms with Crippen LogP contribution in [0.4, 0.5) is 0 Å². The van der Waals surface area contributed by atoms with Crippen molar-refractivity contribution in [1.29, 1.82) is 0 Å². The molecule has 21 heavy (non-hydrogen) atoms. The average Bonchev–Trinajstić information content (AvgIpc) is 2.85. The fourth-order valence-corrected chi connectivity index (χ4v) is 3.69. The number of nitrogens with zero attached hydrogens (tertiary/aromatic N) is 3. The highest BCUT2D eigenvalue weighted by atomic mass is 32.2. The van der Waals surface area contributed by atoms with Crippen LogP contribution in [-0.4, -0.2) is 57.1 Å². The summed E-state index contributed by atoms with van der Waals surface area (Å²) in [5.41, 5.74) is 1.10. The van der Waals surface area contributed by atoms with Gasteiger partial charge in [-0.05, 0) is 18.6 Å². The third-order valence-corrected chi connectivity index (χ3v) is 5.08. The average molecular weight is 309 g/mol. The molecule has 0 saturated carbocycles. The van der Waals surface area contributed by atoms with E-state index in [9.17, 15) is 5.11 Å². The zero-order valence-electron chi connectivity index (χ0n) is 12.5. The topological polar surface area (TPSA) is 58.5 Å². The summed E-state index contributed by atoms with van der Waals surface area (Å²) in [5, 5.41) is 10.5. The van der Waals surface area contributed by atoms with E-state index in [4.69, 9.17) is 4.74 Å². The summed E-state index contributed by atoms with van der Waals surface area (Å²) < 4.78 is 5.83. The van der Waals surface area contributed by atoms with Crippen LogP contribution in [0.3, 0.4) is 0 Å². The SMILES string of the molecule is CCSc1ncc(CN2CCC3(CC2)C[C@H](O)CO3)cn1. The number of ether oxygens (including phenoxy) is 1. The van der Waals surface area contributed by atoms with E-state index in [-0.39, 0.29) is 11.7 Å². The fraction of sp³-hybridized carbons (Fsp3) is 0.733. The zero-order valence-corrected chi connectivity index (χ0v) is 13.3. The molecule has 2 aliphatic heterocycles. The summed E-state index contributed by atoms with van der Waals surface area (Å²) in [6.45, 7) is 5.53. The standard InChI is InChI=1S/C15H23N3O2S/c1-2-21-14-16-8-12(9-17-14)10-18-5-3-15(4-6-18)7-13(19)11-20-15/h8-9,13,19H,2-7,10-11H2,1H3/t13-/m0/s1. The van der Waals surface area contributed by atoms with Crippen molar-refractivity contribution in [2.45, 2.75) is 49.6 Å². The maximum Gasteiger partial charge on any atom is 0.187 e. The molecule has 1 spiro atoms. The van der Waals surface area contributed by atoms with E-state index in [1.807, 2.05) is 12.4 Å². The van der Waals surface area contributed by atoms with E-state index in [0.29, 0.717) is 6.61 Å². The van der Waals surface area contributed by atoms with Crippen LogP contribution in [-0.2, 0) is 11.3 Å². The van der Waals surface area contributed by atoms with E-state index in [1.54, 1.807) is 11.8 Å². The minimum absolute atomic E-state index is 0.0615. The fourth-order valence-electron chi connectivity index (χ4n) is 3.17. The van der Waals surface area contributed by atoms with Crippen LogP contribution in [0.1, 0.15) is 31.7 Å². The van der Waals surface area contributed by atoms with Gasteiger partial charge in [-0.1, -0.05) is 18.7 Å². The van der Waals surface area contributed by atoms with Crippen molar-refractivity contribution in [2.24, 2.45) is 0 Å². The Kier molecular flexibility index (Phi) is 4.78. The highest BCUT2D eigenvalue weighted by molar-refractivity contribution is 7.99. The molecule has 0 radical (unpaired) electrons. The molecular weight excluding hydrogens is 286 g/mol. The van der Waals surface area contributed by atoms with Crippen LogP contribution in [0.2, 0.25) is 0 Å². The quantitative estimate of drug-likeness (QED) is 0.675. The van der Waals surface area contributed by atoms with Gasteiger partial charge in [0, 0.05) is 44.0 Å². The van der Waals surface area contributed by atoms with Crippen LogP contribution >= 0.6 is 11.8 Å². The van der Waals surface area contributed by atoms with Crippen LogP contribution in [0, 0.1) is 0 Å². The highest BCUT2D eigenvalue weighted by Crippen LogP contribution is 2.36. The highest BCUT2D eigenvalue weighted by Gasteiger charge is 2.41. The predicted molar refractivity (Wildman–Crippen MR) is 82.2 cm³/mol. The lowest BCUT2D eigenvalue weighted by molar-refractivity contribution is -0.0456. The maximum atomic E-state index is 9.66. The van der Waals surface area contributed by atoms with Crippen LogP contribution < -0.4 is 0 Å². The second-order valence-electron chi connectivity index (χ2n) is 5.94. The summed E-state index contributed by atoms with van der Waals surface area (Å²) in [6, 6.07) is 0. The van der Waals surface area contributed by atoms with Crippen LogP contribution in [0.15, 0.2) is 17.6 Å². The Labute approximate surface area is 130 Å². The van der Waals surface area contributed by atoms with Gasteiger partial charge in [0.15, 0.2) is 5.16 Å². The van der Waals surface area contributed by atoms with Gasteiger partial charge in [0.2, 0.25) is 0 Å². The Bertz CT molecular complexity index is 460. The Morgan fingerprint density at radius 1 is 1.38 bits per heavy atom. The molecule has 1 atom stereocenters. The van der Waals surface area contributed by atoms with Gasteiger partial charge in [0.1, 0.15) is 0 Å². The van der Waals surface area contributed by atoms with E-state index in [1.165, 1.54) is 5.56 Å². The van der Waals surface area contributed by atoms with Crippen molar-refractivity contribution in [2.75, 3.05) is 25.4 Å². The number of thioether (sulfide) groups is 1. The number of aliphatic hydroxyl groups excluding tert-OH is 1. The second-order valence-corrected chi connectivity index (χ2v) is 7.17. The first-order valence-electron chi connectivity index (χ1n) is 7.67. The Hall–Kier alpha value is -0.690. The Morgan fingerprint density at radius 2 is 2.10 bits per heavy atom. The number of rotatable bonds is 4. The molecule has 1 aromatic rings. The smallest absolute Gasteiger partial charge is 0.187 e. The normalized spacial score (nSPS) is 25.5. The number of aliphatic hydroxyl groups is 1. The molecule has 3 heterocycles. The molecule has 0 amide bonds. The van der Waals surface area contributed by atoms with Gasteiger partial charge in [0.05, 0.1) is 18.3 Å². The van der Waals surface area contributed by atoms with Crippen LogP contribution in [0.5, 0.6) is 0 Å². The minimum Gasteiger partial charge on any atom is -0.391 e. The lowest BCUT2D eigenvalue weighted by Crippen LogP contribution is -2.43. The van der Waals surface area contributed by atoms with Gasteiger partial charge in [-0.15, -0.1) is 0 Å². The summed E-state index contributed by atoms with van der Waals surface area (Å²) in [4.78, 5) is 11.2. The Balaban J connectivity index is 1.51. The van der Waals surface area contributed by atoms with Gasteiger partial charge in [-0.3, -0.25) is 4.90 Å². The summed E-state index contributed by atoms with van der Waals surface area (Å²) >= 11 is 1.67. The third kappa shape index (κ3) is 3.74. The zero-order chi connectivity index (χ0) is 14.7. The van der Waals surface area contributed by atoms with Gasteiger partial charge >= 0.3 is 0 Å². The van der Waals surface area contributed by atoms with Gasteiger partial charge in [-0.25, -0.2) is 9.97 Å². The maximum absolute atomic E-state index is 9.66. The molecule has 0 aromatic carbocycles. The summed E-state index contributed by atoms with van der Waals surface area (Å²) in [7, 11) is 0. The lowest BCUT2D eigenvalue weighted by Gasteiger charge is -2.38. The lowest BCUT2D eigenvalue weighted by atomic mass is 9.88. The third-order valence-electron chi connectivity index (χ3n) is 4.32. The van der Waals surface area contributed by atoms with Gasteiger partial charge < -0.3 is 9.84 Å². The number of piperidine rings is 1. The van der Waals surface area contributed by atoms with Crippen molar-refractivity contribution in [3.63, 3.8) is 0 Å². The second kappa shape index (κ2) is 6.60. The summed E-state index contributed by atoms with van der Waals surface area (Å²) in [5.74, 6) is 0.999. The van der Waals surface area contributed by atoms with E-state index < -0.39 is 0 Å². The molecule has 0 unspecified atom stereocenters. The molecule has 0 aliphatic carbocycles. The molecule has 3 rings (SSSR count). The number of hydrogen-bond acceptors (Lipinski definition) is 6. The molecule has 2 aliphatic rings. The van der Waals surface area contributed by atoms with Crippen molar-refractivity contribution < 1.29 is 9.84 Å². The van der Waals surface area contributed by atoms with E-state index in [2.05, 4.69) is 21.8 Å². The molecule has 2 fully saturated rings. The minimum atomic E-state index is -0.270. The first-order valence-corrected chi connectivity index (χ1v) is 8.66. The molecule has 1 N–H and O–H groups in total. The van der Waals surface area contributed by atoms with Crippen molar-refractivity contribution in [1.82, 2.24) is 14.9 Å². The predicted octanol–water partition coefficient (Wildman–Crippen LogP) is 1.70. The molecule has 5 nitrogen and oxygen atoms in total. The van der Waals surface area contributed by atoms with Gasteiger partial charge in [0.25, 0.3) is 0 Å². The molecule has 0 bridgehead atoms. The number of likely N-dealkylation sites (tertiary alicyclic amines) is 1. The van der Waals surface area contributed by atoms with Crippen molar-refractivity contribution in [3.05, 3.63) is 18.0 Å². The summed E-state index contributed by atoms with van der Waals surface area (Å²) in [6.07, 6.45) is 6.42. The largest absolute Gasteiger partial charge is 0.391 e. The molecule has 116 valence electrons. The van der Waals surface area contributed by atoms with E-state index >= 15 is 0 Å². The molecule has 2 saturated heterocycles.